The molecule has 0 aliphatic heterocycles. The van der Waals surface area contributed by atoms with Gasteiger partial charge in [-0.1, -0.05) is 6.07 Å². The van der Waals surface area contributed by atoms with Crippen molar-refractivity contribution in [3.63, 3.8) is 0 Å². The number of benzene rings is 1. The van der Waals surface area contributed by atoms with Crippen LogP contribution in [0.15, 0.2) is 41.7 Å². The summed E-state index contributed by atoms with van der Waals surface area (Å²) in [6, 6.07) is 5.91. The van der Waals surface area contributed by atoms with E-state index in [1.807, 2.05) is 0 Å². The highest BCUT2D eigenvalue weighted by Crippen LogP contribution is 2.34. The molecule has 0 unspecified atom stereocenters. The van der Waals surface area contributed by atoms with E-state index in [1.165, 1.54) is 36.2 Å². The lowest BCUT2D eigenvalue weighted by Crippen LogP contribution is -1.95. The third kappa shape index (κ3) is 2.98. The van der Waals surface area contributed by atoms with Crippen molar-refractivity contribution >= 4 is 35.0 Å². The summed E-state index contributed by atoms with van der Waals surface area (Å²) < 4.78 is 13.6. The van der Waals surface area contributed by atoms with Crippen LogP contribution in [0, 0.1) is 16.6 Å². The molecule has 2 aromatic heterocycles. The van der Waals surface area contributed by atoms with E-state index in [1.54, 1.807) is 18.5 Å². The first kappa shape index (κ1) is 16.1. The second-order valence-electron chi connectivity index (χ2n) is 5.00. The molecule has 0 atom stereocenters. The van der Waals surface area contributed by atoms with Crippen molar-refractivity contribution in [3.05, 3.63) is 59.2 Å². The number of aromatic nitrogens is 2. The van der Waals surface area contributed by atoms with Gasteiger partial charge < -0.3 is 15.9 Å². The minimum absolute atomic E-state index is 0.259. The fourth-order valence-electron chi connectivity index (χ4n) is 2.36. The number of aromatic hydroxyl groups is 1. The minimum atomic E-state index is -0.408. The molecule has 0 radical (unpaired) electrons. The molecule has 0 spiro atoms. The van der Waals surface area contributed by atoms with Crippen molar-refractivity contribution < 1.29 is 9.50 Å². The van der Waals surface area contributed by atoms with Gasteiger partial charge in [0.1, 0.15) is 10.8 Å². The van der Waals surface area contributed by atoms with Crippen LogP contribution in [0.4, 0.5) is 4.39 Å². The number of hydrogen-bond donors (Lipinski definition) is 3. The van der Waals surface area contributed by atoms with Crippen LogP contribution in [0.25, 0.3) is 10.8 Å². The first-order valence-electron chi connectivity index (χ1n) is 7.03. The topological polar surface area (TPSA) is 93.7 Å². The van der Waals surface area contributed by atoms with Gasteiger partial charge in [-0.2, -0.15) is 0 Å². The van der Waals surface area contributed by atoms with Crippen LogP contribution in [-0.2, 0) is 5.75 Å². The summed E-state index contributed by atoms with van der Waals surface area (Å²) in [4.78, 5) is 8.16. The monoisotopic (exact) mass is 340 g/mol. The number of rotatable bonds is 5. The van der Waals surface area contributed by atoms with Crippen molar-refractivity contribution in [2.45, 2.75) is 10.8 Å². The molecule has 3 N–H and O–H groups in total. The molecule has 0 aliphatic rings. The van der Waals surface area contributed by atoms with Crippen molar-refractivity contribution in [3.8, 4) is 5.88 Å². The zero-order valence-corrected chi connectivity index (χ0v) is 13.3. The Balaban J connectivity index is 2.05. The number of fused-ring (bicyclic) bond motifs is 1. The summed E-state index contributed by atoms with van der Waals surface area (Å²) in [6.45, 7) is 0. The van der Waals surface area contributed by atoms with Gasteiger partial charge in [-0.05, 0) is 34.7 Å². The molecule has 0 saturated carbocycles. The Labute approximate surface area is 141 Å². The molecule has 24 heavy (non-hydrogen) atoms. The summed E-state index contributed by atoms with van der Waals surface area (Å²) in [5, 5.41) is 26.5. The largest absolute Gasteiger partial charge is 0.493 e. The van der Waals surface area contributed by atoms with E-state index in [2.05, 4.69) is 9.97 Å². The molecular formula is C17H13FN4OS. The zero-order chi connectivity index (χ0) is 17.1. The molecule has 0 fully saturated rings. The first-order valence-corrected chi connectivity index (χ1v) is 8.01. The van der Waals surface area contributed by atoms with Gasteiger partial charge in [0.25, 0.3) is 0 Å². The highest BCUT2D eigenvalue weighted by Gasteiger charge is 2.14. The van der Waals surface area contributed by atoms with Gasteiger partial charge in [-0.3, -0.25) is 4.98 Å². The summed E-state index contributed by atoms with van der Waals surface area (Å²) in [5.74, 6) is -0.194. The standard InChI is InChI=1S/C17H13FN4OS/c18-12-1-2-13-14(5-12)17(22-16(23)15(13)7-20)24-9-11-8-21-4-3-10(11)6-19/h1-8,19-20H,9H2,(H,22,23). The molecule has 2 heterocycles. The number of nitrogens with zero attached hydrogens (tertiary/aromatic N) is 2. The van der Waals surface area contributed by atoms with Gasteiger partial charge in [0.15, 0.2) is 0 Å². The van der Waals surface area contributed by atoms with E-state index in [0.29, 0.717) is 21.6 Å². The van der Waals surface area contributed by atoms with Gasteiger partial charge in [-0.25, -0.2) is 9.37 Å². The van der Waals surface area contributed by atoms with Crippen molar-refractivity contribution in [2.24, 2.45) is 0 Å². The van der Waals surface area contributed by atoms with Gasteiger partial charge in [0.05, 0.1) is 5.56 Å². The Morgan fingerprint density at radius 1 is 1.17 bits per heavy atom. The van der Waals surface area contributed by atoms with Gasteiger partial charge in [0.2, 0.25) is 5.88 Å². The van der Waals surface area contributed by atoms with E-state index in [0.717, 1.165) is 17.3 Å². The van der Waals surface area contributed by atoms with Crippen LogP contribution in [0.3, 0.4) is 0 Å². The lowest BCUT2D eigenvalue weighted by atomic mass is 10.1. The summed E-state index contributed by atoms with van der Waals surface area (Å²) in [7, 11) is 0. The van der Waals surface area contributed by atoms with E-state index in [-0.39, 0.29) is 11.4 Å². The first-order chi connectivity index (χ1) is 11.6. The van der Waals surface area contributed by atoms with Gasteiger partial charge in [-0.15, -0.1) is 11.8 Å². The van der Waals surface area contributed by atoms with Gasteiger partial charge in [0, 0.05) is 36.0 Å². The second kappa shape index (κ2) is 6.76. The number of nitrogens with one attached hydrogen (secondary N) is 2. The average Bonchev–Trinajstić information content (AvgIpc) is 2.60. The smallest absolute Gasteiger partial charge is 0.221 e. The fraction of sp³-hybridized carbons (Fsp3) is 0.0588. The lowest BCUT2D eigenvalue weighted by molar-refractivity contribution is 0.449. The predicted molar refractivity (Wildman–Crippen MR) is 92.9 cm³/mol. The molecular weight excluding hydrogens is 327 g/mol. The molecule has 3 aromatic rings. The van der Waals surface area contributed by atoms with E-state index in [4.69, 9.17) is 10.8 Å². The summed E-state index contributed by atoms with van der Waals surface area (Å²) in [6.07, 6.45) is 5.54. The maximum atomic E-state index is 13.6. The molecule has 120 valence electrons. The predicted octanol–water partition coefficient (Wildman–Crippen LogP) is 3.76. The SMILES string of the molecule is N=Cc1ccncc1CSc1nc(O)c(C=N)c2ccc(F)cc12. The fourth-order valence-corrected chi connectivity index (χ4v) is 3.37. The van der Waals surface area contributed by atoms with Crippen LogP contribution in [0.1, 0.15) is 16.7 Å². The molecule has 0 amide bonds. The van der Waals surface area contributed by atoms with Crippen LogP contribution in [0.2, 0.25) is 0 Å². The molecule has 5 nitrogen and oxygen atoms in total. The maximum absolute atomic E-state index is 13.6. The molecule has 7 heteroatoms. The molecule has 0 aliphatic carbocycles. The number of pyridine rings is 2. The normalized spacial score (nSPS) is 10.7. The van der Waals surface area contributed by atoms with Crippen LogP contribution in [0.5, 0.6) is 5.88 Å². The highest BCUT2D eigenvalue weighted by molar-refractivity contribution is 7.98. The van der Waals surface area contributed by atoms with E-state index in [9.17, 15) is 9.50 Å². The highest BCUT2D eigenvalue weighted by atomic mass is 32.2. The Kier molecular flexibility index (Phi) is 4.52. The number of thioether (sulfide) groups is 1. The average molecular weight is 340 g/mol. The molecule has 1 aromatic carbocycles. The third-order valence-corrected chi connectivity index (χ3v) is 4.60. The van der Waals surface area contributed by atoms with Crippen molar-refractivity contribution in [2.75, 3.05) is 0 Å². The lowest BCUT2D eigenvalue weighted by Gasteiger charge is -2.10. The number of halogens is 1. The Morgan fingerprint density at radius 2 is 2.00 bits per heavy atom. The second-order valence-corrected chi connectivity index (χ2v) is 5.96. The van der Waals surface area contributed by atoms with Gasteiger partial charge >= 0.3 is 0 Å². The number of hydrogen-bond acceptors (Lipinski definition) is 6. The molecule has 0 bridgehead atoms. The summed E-state index contributed by atoms with van der Waals surface area (Å²) >= 11 is 1.32. The van der Waals surface area contributed by atoms with Crippen molar-refractivity contribution in [1.29, 1.82) is 10.8 Å². The summed E-state index contributed by atoms with van der Waals surface area (Å²) in [5.41, 5.74) is 1.85. The Hall–Kier alpha value is -2.80. The van der Waals surface area contributed by atoms with Crippen LogP contribution in [-0.4, -0.2) is 27.5 Å². The van der Waals surface area contributed by atoms with E-state index >= 15 is 0 Å². The van der Waals surface area contributed by atoms with E-state index < -0.39 is 5.82 Å². The Morgan fingerprint density at radius 3 is 2.75 bits per heavy atom. The zero-order valence-electron chi connectivity index (χ0n) is 12.5. The third-order valence-electron chi connectivity index (χ3n) is 3.56. The quantitative estimate of drug-likeness (QED) is 0.487. The molecule has 3 rings (SSSR count). The molecule has 0 saturated heterocycles. The van der Waals surface area contributed by atoms with Crippen LogP contribution < -0.4 is 0 Å². The van der Waals surface area contributed by atoms with Crippen molar-refractivity contribution in [1.82, 2.24) is 9.97 Å². The maximum Gasteiger partial charge on any atom is 0.221 e. The van der Waals surface area contributed by atoms with Crippen LogP contribution >= 0.6 is 11.8 Å². The Bertz CT molecular complexity index is 945. The minimum Gasteiger partial charge on any atom is -0.493 e.